The number of rotatable bonds is 2. The van der Waals surface area contributed by atoms with Crippen LogP contribution in [0, 0.1) is 0 Å². The first kappa shape index (κ1) is 14.8. The molecular formula is C15H22N2O3S. The van der Waals surface area contributed by atoms with Gasteiger partial charge in [0, 0.05) is 18.0 Å². The lowest BCUT2D eigenvalue weighted by molar-refractivity contribution is -0.139. The van der Waals surface area contributed by atoms with Gasteiger partial charge in [-0.25, -0.2) is 4.98 Å². The summed E-state index contributed by atoms with van der Waals surface area (Å²) in [5.41, 5.74) is 0.599. The summed E-state index contributed by atoms with van der Waals surface area (Å²) < 4.78 is 5.93. The summed E-state index contributed by atoms with van der Waals surface area (Å²) >= 11 is 1.66. The third-order valence-corrected chi connectivity index (χ3v) is 5.27. The smallest absolute Gasteiger partial charge is 0.312 e. The van der Waals surface area contributed by atoms with E-state index in [9.17, 15) is 9.90 Å². The summed E-state index contributed by atoms with van der Waals surface area (Å²) in [6, 6.07) is 0. The van der Waals surface area contributed by atoms with Gasteiger partial charge >= 0.3 is 5.97 Å². The van der Waals surface area contributed by atoms with Gasteiger partial charge in [-0.2, -0.15) is 0 Å². The zero-order valence-corrected chi connectivity index (χ0v) is 13.6. The molecule has 1 aliphatic heterocycles. The molecular weight excluding hydrogens is 288 g/mol. The summed E-state index contributed by atoms with van der Waals surface area (Å²) in [6.07, 6.45) is 2.76. The molecule has 21 heavy (non-hydrogen) atoms. The lowest BCUT2D eigenvalue weighted by Crippen LogP contribution is -2.52. The molecule has 3 rings (SSSR count). The van der Waals surface area contributed by atoms with Gasteiger partial charge in [0.05, 0.1) is 17.4 Å². The van der Waals surface area contributed by atoms with E-state index in [0.717, 1.165) is 41.6 Å². The average Bonchev–Trinajstić information content (AvgIpc) is 2.79. The predicted octanol–water partition coefficient (Wildman–Crippen LogP) is 2.65. The van der Waals surface area contributed by atoms with Crippen LogP contribution in [-0.2, 0) is 16.0 Å². The number of carboxylic acids is 1. The molecule has 2 heterocycles. The Bertz CT molecular complexity index is 555. The fourth-order valence-electron chi connectivity index (χ4n) is 3.38. The van der Waals surface area contributed by atoms with Crippen molar-refractivity contribution in [2.24, 2.45) is 0 Å². The summed E-state index contributed by atoms with van der Waals surface area (Å²) in [7, 11) is 0. The Labute approximate surface area is 128 Å². The van der Waals surface area contributed by atoms with Crippen molar-refractivity contribution in [3.63, 3.8) is 0 Å². The first-order chi connectivity index (χ1) is 9.85. The van der Waals surface area contributed by atoms with Crippen LogP contribution >= 0.6 is 11.3 Å². The van der Waals surface area contributed by atoms with Crippen LogP contribution in [0.3, 0.4) is 0 Å². The maximum absolute atomic E-state index is 11.4. The van der Waals surface area contributed by atoms with Crippen LogP contribution in [0.25, 0.3) is 0 Å². The number of aliphatic carboxylic acids is 1. The second kappa shape index (κ2) is 5.25. The van der Waals surface area contributed by atoms with Crippen molar-refractivity contribution in [1.29, 1.82) is 0 Å². The highest BCUT2D eigenvalue weighted by molar-refractivity contribution is 7.15. The van der Waals surface area contributed by atoms with Crippen LogP contribution in [0.5, 0.6) is 0 Å². The molecule has 1 fully saturated rings. The SMILES string of the molecule is CC1CN(c2nc3c(s2)CCCC3C(=O)O)CC(C)(C)O1. The number of ether oxygens (including phenoxy) is 1. The van der Waals surface area contributed by atoms with Crippen molar-refractivity contribution in [3.8, 4) is 0 Å². The standard InChI is InChI=1S/C15H22N2O3S/c1-9-7-17(8-15(2,3)20-9)14-16-12-10(13(18)19)5-4-6-11(12)21-14/h9-10H,4-8H2,1-3H3,(H,18,19). The lowest BCUT2D eigenvalue weighted by Gasteiger charge is -2.41. The Morgan fingerprint density at radius 2 is 2.29 bits per heavy atom. The second-order valence-electron chi connectivity index (χ2n) is 6.66. The van der Waals surface area contributed by atoms with Gasteiger partial charge in [0.25, 0.3) is 0 Å². The molecule has 0 aromatic carbocycles. The monoisotopic (exact) mass is 310 g/mol. The van der Waals surface area contributed by atoms with Crippen LogP contribution in [0.1, 0.15) is 50.1 Å². The van der Waals surface area contributed by atoms with Crippen LogP contribution in [-0.4, -0.2) is 40.9 Å². The van der Waals surface area contributed by atoms with E-state index in [-0.39, 0.29) is 11.7 Å². The number of hydrogen-bond donors (Lipinski definition) is 1. The zero-order chi connectivity index (χ0) is 15.2. The zero-order valence-electron chi connectivity index (χ0n) is 12.8. The van der Waals surface area contributed by atoms with Crippen molar-refractivity contribution >= 4 is 22.4 Å². The Morgan fingerprint density at radius 1 is 1.52 bits per heavy atom. The third kappa shape index (κ3) is 2.92. The quantitative estimate of drug-likeness (QED) is 0.910. The van der Waals surface area contributed by atoms with E-state index in [1.165, 1.54) is 0 Å². The summed E-state index contributed by atoms with van der Waals surface area (Å²) in [5.74, 6) is -1.17. The van der Waals surface area contributed by atoms with E-state index in [1.54, 1.807) is 11.3 Å². The van der Waals surface area contributed by atoms with Crippen LogP contribution in [0.2, 0.25) is 0 Å². The molecule has 2 aliphatic rings. The largest absolute Gasteiger partial charge is 0.481 e. The molecule has 6 heteroatoms. The highest BCUT2D eigenvalue weighted by atomic mass is 32.1. The number of nitrogens with zero attached hydrogens (tertiary/aromatic N) is 2. The Kier molecular flexibility index (Phi) is 3.69. The number of hydrogen-bond acceptors (Lipinski definition) is 5. The van der Waals surface area contributed by atoms with Crippen LogP contribution in [0.15, 0.2) is 0 Å². The Hall–Kier alpha value is -1.14. The molecule has 1 N–H and O–H groups in total. The molecule has 0 saturated carbocycles. The minimum atomic E-state index is -0.747. The molecule has 0 radical (unpaired) electrons. The average molecular weight is 310 g/mol. The predicted molar refractivity (Wildman–Crippen MR) is 82.3 cm³/mol. The van der Waals surface area contributed by atoms with Gasteiger partial charge < -0.3 is 14.7 Å². The van der Waals surface area contributed by atoms with Gasteiger partial charge in [0.15, 0.2) is 5.13 Å². The van der Waals surface area contributed by atoms with Gasteiger partial charge in [0.2, 0.25) is 0 Å². The highest BCUT2D eigenvalue weighted by Gasteiger charge is 2.35. The molecule has 0 amide bonds. The number of morpholine rings is 1. The minimum Gasteiger partial charge on any atom is -0.481 e. The summed E-state index contributed by atoms with van der Waals surface area (Å²) in [4.78, 5) is 19.5. The number of aryl methyl sites for hydroxylation is 1. The van der Waals surface area contributed by atoms with Crippen molar-refractivity contribution in [2.75, 3.05) is 18.0 Å². The molecule has 116 valence electrons. The van der Waals surface area contributed by atoms with Crippen molar-refractivity contribution in [1.82, 2.24) is 4.98 Å². The summed E-state index contributed by atoms with van der Waals surface area (Å²) in [6.45, 7) is 7.85. The van der Waals surface area contributed by atoms with Gasteiger partial charge in [-0.1, -0.05) is 0 Å². The number of carboxylic acid groups (broad SMARTS) is 1. The molecule has 1 aromatic rings. The van der Waals surface area contributed by atoms with Crippen LogP contribution in [0.4, 0.5) is 5.13 Å². The van der Waals surface area contributed by atoms with Crippen LogP contribution < -0.4 is 4.90 Å². The van der Waals surface area contributed by atoms with E-state index >= 15 is 0 Å². The first-order valence-electron chi connectivity index (χ1n) is 7.51. The minimum absolute atomic E-state index is 0.157. The van der Waals surface area contributed by atoms with E-state index < -0.39 is 11.9 Å². The maximum atomic E-state index is 11.4. The Balaban J connectivity index is 1.89. The number of carbonyl (C=O) groups is 1. The summed E-state index contributed by atoms with van der Waals surface area (Å²) in [5, 5.41) is 10.3. The van der Waals surface area contributed by atoms with Gasteiger partial charge in [0.1, 0.15) is 5.92 Å². The molecule has 0 spiro atoms. The fourth-order valence-corrected chi connectivity index (χ4v) is 4.55. The lowest BCUT2D eigenvalue weighted by atomic mass is 9.91. The fraction of sp³-hybridized carbons (Fsp3) is 0.733. The number of aromatic nitrogens is 1. The number of fused-ring (bicyclic) bond motifs is 1. The molecule has 0 bridgehead atoms. The van der Waals surface area contributed by atoms with E-state index in [2.05, 4.69) is 30.7 Å². The van der Waals surface area contributed by atoms with Crippen molar-refractivity contribution in [3.05, 3.63) is 10.6 Å². The molecule has 1 aromatic heterocycles. The maximum Gasteiger partial charge on any atom is 0.312 e. The van der Waals surface area contributed by atoms with E-state index in [1.807, 2.05) is 0 Å². The van der Waals surface area contributed by atoms with E-state index in [0.29, 0.717) is 6.42 Å². The second-order valence-corrected chi connectivity index (χ2v) is 7.72. The molecule has 5 nitrogen and oxygen atoms in total. The highest BCUT2D eigenvalue weighted by Crippen LogP contribution is 2.39. The molecule has 2 unspecified atom stereocenters. The van der Waals surface area contributed by atoms with Gasteiger partial charge in [-0.05, 0) is 40.0 Å². The van der Waals surface area contributed by atoms with E-state index in [4.69, 9.17) is 4.74 Å². The Morgan fingerprint density at radius 3 is 2.95 bits per heavy atom. The van der Waals surface area contributed by atoms with Gasteiger partial charge in [-0.3, -0.25) is 4.79 Å². The third-order valence-electron chi connectivity index (χ3n) is 4.08. The van der Waals surface area contributed by atoms with Gasteiger partial charge in [-0.15, -0.1) is 11.3 Å². The molecule has 1 saturated heterocycles. The molecule has 1 aliphatic carbocycles. The first-order valence-corrected chi connectivity index (χ1v) is 8.32. The topological polar surface area (TPSA) is 62.7 Å². The van der Waals surface area contributed by atoms with Crippen molar-refractivity contribution in [2.45, 2.75) is 57.7 Å². The molecule has 2 atom stereocenters. The normalized spacial score (nSPS) is 28.2. The number of anilines is 1. The number of thiazole rings is 1. The van der Waals surface area contributed by atoms with Crippen molar-refractivity contribution < 1.29 is 14.6 Å².